The van der Waals surface area contributed by atoms with Crippen LogP contribution >= 0.6 is 0 Å². The summed E-state index contributed by atoms with van der Waals surface area (Å²) in [6.07, 6.45) is 3.69. The van der Waals surface area contributed by atoms with Crippen molar-refractivity contribution in [3.8, 4) is 0 Å². The van der Waals surface area contributed by atoms with Crippen molar-refractivity contribution >= 4 is 11.6 Å². The Morgan fingerprint density at radius 3 is 2.75 bits per heavy atom. The number of hydrogen-bond donors (Lipinski definition) is 0. The molecule has 0 aliphatic heterocycles. The van der Waals surface area contributed by atoms with Gasteiger partial charge in [-0.25, -0.2) is 4.98 Å². The van der Waals surface area contributed by atoms with Crippen molar-refractivity contribution in [1.29, 1.82) is 0 Å². The molecule has 2 nitrogen and oxygen atoms in total. The Bertz CT molecular complexity index is 321. The van der Waals surface area contributed by atoms with E-state index in [-0.39, 0.29) is 0 Å². The predicted octanol–water partition coefficient (Wildman–Crippen LogP) is 3.05. The van der Waals surface area contributed by atoms with Crippen LogP contribution in [0.25, 0.3) is 11.6 Å². The Hall–Kier alpha value is -1.31. The van der Waals surface area contributed by atoms with Crippen LogP contribution in [-0.2, 0) is 0 Å². The van der Waals surface area contributed by atoms with Gasteiger partial charge in [-0.2, -0.15) is 0 Å². The second-order valence-corrected chi connectivity index (χ2v) is 2.62. The average molecular weight is 163 g/mol. The monoisotopic (exact) mass is 163 g/mol. The molecule has 1 aromatic heterocycles. The van der Waals surface area contributed by atoms with Crippen molar-refractivity contribution in [2.45, 2.75) is 20.8 Å². The van der Waals surface area contributed by atoms with Crippen LogP contribution in [0.3, 0.4) is 0 Å². The summed E-state index contributed by atoms with van der Waals surface area (Å²) in [7, 11) is 0. The highest BCUT2D eigenvalue weighted by atomic mass is 16.4. The molecule has 64 valence electrons. The van der Waals surface area contributed by atoms with E-state index in [9.17, 15) is 0 Å². The van der Waals surface area contributed by atoms with Gasteiger partial charge in [0.1, 0.15) is 5.69 Å². The van der Waals surface area contributed by atoms with Crippen LogP contribution in [0.5, 0.6) is 0 Å². The Kier molecular flexibility index (Phi) is 2.48. The summed E-state index contributed by atoms with van der Waals surface area (Å²) in [5, 5.41) is 0. The molecule has 2 heteroatoms. The normalized spacial score (nSPS) is 11.8. The molecule has 0 spiro atoms. The molecule has 0 aliphatic rings. The van der Waals surface area contributed by atoms with Crippen LogP contribution in [0.2, 0.25) is 0 Å². The summed E-state index contributed by atoms with van der Waals surface area (Å²) in [6.45, 7) is 9.48. The van der Waals surface area contributed by atoms with Crippen LogP contribution in [0.15, 0.2) is 17.1 Å². The van der Waals surface area contributed by atoms with E-state index in [0.717, 1.165) is 17.0 Å². The molecule has 12 heavy (non-hydrogen) atoms. The fourth-order valence-corrected chi connectivity index (χ4v) is 1.00. The Labute approximate surface area is 72.6 Å². The minimum atomic E-state index is 0.682. The third-order valence-electron chi connectivity index (χ3n) is 1.75. The number of oxazole rings is 1. The summed E-state index contributed by atoms with van der Waals surface area (Å²) in [4.78, 5) is 4.25. The lowest BCUT2D eigenvalue weighted by Crippen LogP contribution is -1.82. The molecule has 0 bridgehead atoms. The molecule has 1 rings (SSSR count). The molecule has 0 atom stereocenters. The van der Waals surface area contributed by atoms with E-state index >= 15 is 0 Å². The number of hydrogen-bond acceptors (Lipinski definition) is 2. The molecule has 0 radical (unpaired) electrons. The van der Waals surface area contributed by atoms with Crippen molar-refractivity contribution in [3.05, 3.63) is 30.0 Å². The molecule has 0 aliphatic carbocycles. The maximum absolute atomic E-state index is 5.32. The summed E-state index contributed by atoms with van der Waals surface area (Å²) in [5.41, 5.74) is 2.01. The highest BCUT2D eigenvalue weighted by Crippen LogP contribution is 2.19. The molecule has 0 saturated carbocycles. The molecular formula is C10H13NO. The van der Waals surface area contributed by atoms with E-state index in [1.807, 2.05) is 26.8 Å². The topological polar surface area (TPSA) is 26.0 Å². The zero-order chi connectivity index (χ0) is 9.14. The molecule has 0 amide bonds. The van der Waals surface area contributed by atoms with Crippen LogP contribution in [0.4, 0.5) is 0 Å². The number of allylic oxidation sites excluding steroid dienone is 2. The zero-order valence-electron chi connectivity index (χ0n) is 7.72. The summed E-state index contributed by atoms with van der Waals surface area (Å²) in [5.74, 6) is 1.43. The first-order valence-corrected chi connectivity index (χ1v) is 3.92. The van der Waals surface area contributed by atoms with Gasteiger partial charge in [-0.1, -0.05) is 12.7 Å². The smallest absolute Gasteiger partial charge is 0.192 e. The number of aromatic nitrogens is 1. The van der Waals surface area contributed by atoms with E-state index in [0.29, 0.717) is 5.89 Å². The van der Waals surface area contributed by atoms with Crippen LogP contribution in [0.1, 0.15) is 31.2 Å². The summed E-state index contributed by atoms with van der Waals surface area (Å²) >= 11 is 0. The molecule has 0 saturated heterocycles. The zero-order valence-corrected chi connectivity index (χ0v) is 7.72. The maximum Gasteiger partial charge on any atom is 0.192 e. The van der Waals surface area contributed by atoms with Crippen LogP contribution in [0, 0.1) is 6.92 Å². The first kappa shape index (κ1) is 8.78. The van der Waals surface area contributed by atoms with Crippen molar-refractivity contribution in [2.24, 2.45) is 0 Å². The van der Waals surface area contributed by atoms with Crippen molar-refractivity contribution in [1.82, 2.24) is 4.98 Å². The lowest BCUT2D eigenvalue weighted by Gasteiger charge is -1.93. The lowest BCUT2D eigenvalue weighted by molar-refractivity contribution is 0.513. The van der Waals surface area contributed by atoms with E-state index in [1.54, 1.807) is 6.08 Å². The predicted molar refractivity (Wildman–Crippen MR) is 50.7 cm³/mol. The van der Waals surface area contributed by atoms with Crippen molar-refractivity contribution < 1.29 is 4.42 Å². The molecule has 0 aromatic carbocycles. The Morgan fingerprint density at radius 1 is 1.58 bits per heavy atom. The van der Waals surface area contributed by atoms with Crippen molar-refractivity contribution in [3.63, 3.8) is 0 Å². The number of aryl methyl sites for hydroxylation is 1. The highest BCUT2D eigenvalue weighted by Gasteiger charge is 2.07. The van der Waals surface area contributed by atoms with Gasteiger partial charge < -0.3 is 4.42 Å². The number of nitrogens with zero attached hydrogens (tertiary/aromatic N) is 1. The minimum Gasteiger partial charge on any atom is -0.441 e. The first-order chi connectivity index (χ1) is 5.69. The molecule has 0 N–H and O–H groups in total. The molecule has 1 aromatic rings. The van der Waals surface area contributed by atoms with Crippen LogP contribution in [-0.4, -0.2) is 4.98 Å². The van der Waals surface area contributed by atoms with E-state index in [4.69, 9.17) is 4.42 Å². The Morgan fingerprint density at radius 2 is 2.25 bits per heavy atom. The second-order valence-electron chi connectivity index (χ2n) is 2.62. The van der Waals surface area contributed by atoms with Gasteiger partial charge in [0.2, 0.25) is 0 Å². The molecule has 0 fully saturated rings. The fourth-order valence-electron chi connectivity index (χ4n) is 1.00. The first-order valence-electron chi connectivity index (χ1n) is 3.92. The maximum atomic E-state index is 5.32. The van der Waals surface area contributed by atoms with Gasteiger partial charge in [-0.05, 0) is 25.5 Å². The van der Waals surface area contributed by atoms with Gasteiger partial charge in [0.05, 0.1) is 0 Å². The van der Waals surface area contributed by atoms with Gasteiger partial charge in [0.15, 0.2) is 11.7 Å². The molecule has 0 unspecified atom stereocenters. The summed E-state index contributed by atoms with van der Waals surface area (Å²) < 4.78 is 5.32. The van der Waals surface area contributed by atoms with Gasteiger partial charge >= 0.3 is 0 Å². The third kappa shape index (κ3) is 1.47. The van der Waals surface area contributed by atoms with Crippen molar-refractivity contribution in [2.75, 3.05) is 0 Å². The number of rotatable bonds is 2. The average Bonchev–Trinajstić information content (AvgIpc) is 2.45. The van der Waals surface area contributed by atoms with Gasteiger partial charge in [-0.3, -0.25) is 0 Å². The summed E-state index contributed by atoms with van der Waals surface area (Å²) in [6, 6.07) is 0. The van der Waals surface area contributed by atoms with E-state index < -0.39 is 0 Å². The standard InChI is InChI=1S/C10H13NO/c1-5-7(3)10-9(6-2)12-8(4)11-10/h5-6H,2H2,1,3-4H3/b7-5-. The molecular weight excluding hydrogens is 150 g/mol. The Balaban J connectivity index is 3.22. The quantitative estimate of drug-likeness (QED) is 0.669. The van der Waals surface area contributed by atoms with Gasteiger partial charge in [-0.15, -0.1) is 0 Å². The highest BCUT2D eigenvalue weighted by molar-refractivity contribution is 5.67. The van der Waals surface area contributed by atoms with E-state index in [1.165, 1.54) is 0 Å². The van der Waals surface area contributed by atoms with Gasteiger partial charge in [0.25, 0.3) is 0 Å². The molecule has 1 heterocycles. The fraction of sp³-hybridized carbons (Fsp3) is 0.300. The largest absolute Gasteiger partial charge is 0.441 e. The third-order valence-corrected chi connectivity index (χ3v) is 1.75. The lowest BCUT2D eigenvalue weighted by atomic mass is 10.2. The minimum absolute atomic E-state index is 0.682. The van der Waals surface area contributed by atoms with E-state index in [2.05, 4.69) is 11.6 Å². The van der Waals surface area contributed by atoms with Crippen LogP contribution < -0.4 is 0 Å². The SMILES string of the molecule is C=Cc1oc(C)nc1/C(C)=C\C. The van der Waals surface area contributed by atoms with Gasteiger partial charge in [0, 0.05) is 6.92 Å². The second kappa shape index (κ2) is 3.39.